The molecule has 1 nitrogen and oxygen atoms in total. The van der Waals surface area contributed by atoms with Crippen molar-refractivity contribution in [2.45, 2.75) is 25.5 Å². The molecule has 1 atom stereocenters. The molecule has 2 aromatic carbocycles. The lowest BCUT2D eigenvalue weighted by Gasteiger charge is -2.27. The normalized spacial score (nSPS) is 13.1. The Morgan fingerprint density at radius 1 is 0.955 bits per heavy atom. The van der Waals surface area contributed by atoms with E-state index in [9.17, 15) is 12.9 Å². The molecule has 0 fully saturated rings. The van der Waals surface area contributed by atoms with Crippen LogP contribution in [0.4, 0.5) is 12.9 Å². The number of hydrogen-bond acceptors (Lipinski definition) is 1. The summed E-state index contributed by atoms with van der Waals surface area (Å²) in [5.74, 6) is 0. The Morgan fingerprint density at radius 2 is 1.59 bits per heavy atom. The van der Waals surface area contributed by atoms with Crippen LogP contribution in [0.25, 0.3) is 0 Å². The second kappa shape index (κ2) is 7.70. The Labute approximate surface area is 133 Å². The third kappa shape index (κ3) is 5.07. The molecule has 118 valence electrons. The number of halogens is 4. The molecule has 0 bridgehead atoms. The molecule has 0 aromatic heterocycles. The maximum absolute atomic E-state index is 13.1. The molecule has 22 heavy (non-hydrogen) atoms. The van der Waals surface area contributed by atoms with E-state index >= 15 is 0 Å². The van der Waals surface area contributed by atoms with E-state index in [0.29, 0.717) is 10.6 Å². The summed E-state index contributed by atoms with van der Waals surface area (Å²) < 4.78 is 44.5. The van der Waals surface area contributed by atoms with Crippen LogP contribution in [0.1, 0.15) is 17.5 Å². The van der Waals surface area contributed by atoms with Gasteiger partial charge in [-0.3, -0.25) is 0 Å². The molecule has 6 heteroatoms. The Balaban J connectivity index is 1.97. The summed E-state index contributed by atoms with van der Waals surface area (Å²) in [5, 5.41) is 0.485. The van der Waals surface area contributed by atoms with Gasteiger partial charge in [0.15, 0.2) is 0 Å². The minimum absolute atomic E-state index is 0.0463. The Morgan fingerprint density at radius 3 is 2.23 bits per heavy atom. The van der Waals surface area contributed by atoms with Gasteiger partial charge >= 0.3 is 6.98 Å². The second-order valence-electron chi connectivity index (χ2n) is 5.09. The van der Waals surface area contributed by atoms with Crippen molar-refractivity contribution < 1.29 is 17.7 Å². The number of benzene rings is 2. The van der Waals surface area contributed by atoms with Crippen molar-refractivity contribution >= 4 is 18.6 Å². The second-order valence-corrected chi connectivity index (χ2v) is 5.50. The van der Waals surface area contributed by atoms with Crippen LogP contribution in [-0.2, 0) is 17.8 Å². The zero-order valence-electron chi connectivity index (χ0n) is 11.9. The molecule has 0 saturated carbocycles. The van der Waals surface area contributed by atoms with Crippen LogP contribution >= 0.6 is 11.6 Å². The maximum atomic E-state index is 13.1. The van der Waals surface area contributed by atoms with Crippen LogP contribution in [0, 0.1) is 0 Å². The fourth-order valence-electron chi connectivity index (χ4n) is 2.16. The molecule has 2 rings (SSSR count). The van der Waals surface area contributed by atoms with E-state index < -0.39 is 13.0 Å². The van der Waals surface area contributed by atoms with Crippen LogP contribution in [0.2, 0.25) is 5.02 Å². The summed E-state index contributed by atoms with van der Waals surface area (Å²) in [7, 11) is 0. The lowest BCUT2D eigenvalue weighted by molar-refractivity contribution is 0.0580. The monoisotopic (exact) mass is 327 g/mol. The number of hydrogen-bond donors (Lipinski definition) is 0. The Hall–Kier alpha value is -1.46. The Kier molecular flexibility index (Phi) is 5.92. The highest BCUT2D eigenvalue weighted by atomic mass is 35.5. The van der Waals surface area contributed by atoms with Gasteiger partial charge in [-0.2, -0.15) is 0 Å². The van der Waals surface area contributed by atoms with Crippen LogP contribution in [-0.4, -0.2) is 13.0 Å². The van der Waals surface area contributed by atoms with Crippen LogP contribution in [0.3, 0.4) is 0 Å². The van der Waals surface area contributed by atoms with Gasteiger partial charge in [0.2, 0.25) is 0 Å². The van der Waals surface area contributed by atoms with E-state index in [1.54, 1.807) is 48.5 Å². The molecular weight excluding hydrogens is 311 g/mol. The van der Waals surface area contributed by atoms with Crippen molar-refractivity contribution in [3.63, 3.8) is 0 Å². The number of aryl methyl sites for hydroxylation is 1. The quantitative estimate of drug-likeness (QED) is 0.632. The van der Waals surface area contributed by atoms with E-state index in [-0.39, 0.29) is 19.4 Å². The van der Waals surface area contributed by atoms with Gasteiger partial charge in [0.25, 0.3) is 0 Å². The fourth-order valence-corrected chi connectivity index (χ4v) is 2.39. The van der Waals surface area contributed by atoms with Crippen LogP contribution in [0.5, 0.6) is 0 Å². The van der Waals surface area contributed by atoms with E-state index in [1.807, 2.05) is 6.07 Å². The molecule has 0 radical (unpaired) electrons. The molecule has 0 saturated heterocycles. The van der Waals surface area contributed by atoms with E-state index in [1.165, 1.54) is 0 Å². The summed E-state index contributed by atoms with van der Waals surface area (Å²) in [6.45, 7) is -5.11. The summed E-state index contributed by atoms with van der Waals surface area (Å²) in [6, 6.07) is 14.0. The molecule has 2 aromatic rings. The molecular formula is C16H16BClF3O-. The van der Waals surface area contributed by atoms with Gasteiger partial charge in [-0.1, -0.05) is 60.1 Å². The van der Waals surface area contributed by atoms with Crippen molar-refractivity contribution in [3.8, 4) is 0 Å². The van der Waals surface area contributed by atoms with Gasteiger partial charge < -0.3 is 17.7 Å². The third-order valence-electron chi connectivity index (χ3n) is 3.38. The van der Waals surface area contributed by atoms with Crippen LogP contribution in [0.15, 0.2) is 54.6 Å². The smallest absolute Gasteiger partial charge is 0.447 e. The van der Waals surface area contributed by atoms with E-state index in [2.05, 4.69) is 0 Å². The SMILES string of the molecule is F[B-](F)(F)C(CCc1ccccc1Cl)OCc1ccccc1. The minimum atomic E-state index is -5.06. The van der Waals surface area contributed by atoms with Crippen molar-refractivity contribution in [1.82, 2.24) is 0 Å². The summed E-state index contributed by atoms with van der Waals surface area (Å²) in [6.07, 6.45) is 0.112. The average Bonchev–Trinajstić information content (AvgIpc) is 2.48. The van der Waals surface area contributed by atoms with Crippen molar-refractivity contribution in [1.29, 1.82) is 0 Å². The van der Waals surface area contributed by atoms with Gasteiger partial charge in [-0.25, -0.2) is 0 Å². The van der Waals surface area contributed by atoms with E-state index in [0.717, 1.165) is 5.56 Å². The van der Waals surface area contributed by atoms with Gasteiger partial charge in [-0.05, 0) is 30.0 Å². The number of rotatable bonds is 7. The molecule has 0 spiro atoms. The average molecular weight is 328 g/mol. The van der Waals surface area contributed by atoms with Gasteiger partial charge in [0, 0.05) is 11.0 Å². The molecule has 0 N–H and O–H groups in total. The first-order valence-electron chi connectivity index (χ1n) is 7.05. The summed E-state index contributed by atoms with van der Waals surface area (Å²) >= 11 is 5.98. The zero-order valence-corrected chi connectivity index (χ0v) is 12.6. The lowest BCUT2D eigenvalue weighted by Crippen LogP contribution is -2.37. The highest BCUT2D eigenvalue weighted by molar-refractivity contribution is 6.60. The van der Waals surface area contributed by atoms with Crippen LogP contribution < -0.4 is 0 Å². The fraction of sp³-hybridized carbons (Fsp3) is 0.250. The van der Waals surface area contributed by atoms with Gasteiger partial charge in [0.1, 0.15) is 0 Å². The summed E-state index contributed by atoms with van der Waals surface area (Å²) in [5.41, 5.74) is 1.43. The third-order valence-corrected chi connectivity index (χ3v) is 3.75. The first kappa shape index (κ1) is 16.9. The first-order valence-corrected chi connectivity index (χ1v) is 7.43. The lowest BCUT2D eigenvalue weighted by atomic mass is 9.78. The molecule has 0 amide bonds. The zero-order chi connectivity index (χ0) is 16.0. The molecule has 0 aliphatic heterocycles. The molecule has 0 aliphatic rings. The van der Waals surface area contributed by atoms with Crippen molar-refractivity contribution in [3.05, 3.63) is 70.7 Å². The molecule has 0 aliphatic carbocycles. The summed E-state index contributed by atoms with van der Waals surface area (Å²) in [4.78, 5) is 0. The first-order chi connectivity index (χ1) is 10.5. The standard InChI is InChI=1S/C16H16BClF3O/c18-15-9-5-4-8-14(15)10-11-16(17(19,20)21)22-12-13-6-2-1-3-7-13/h1-9,16H,10-12H2/q-1. The number of ether oxygens (including phenoxy) is 1. The van der Waals surface area contributed by atoms with Gasteiger partial charge in [-0.15, -0.1) is 0 Å². The minimum Gasteiger partial charge on any atom is -0.447 e. The van der Waals surface area contributed by atoms with Crippen molar-refractivity contribution in [2.75, 3.05) is 0 Å². The van der Waals surface area contributed by atoms with E-state index in [4.69, 9.17) is 16.3 Å². The van der Waals surface area contributed by atoms with Crippen molar-refractivity contribution in [2.24, 2.45) is 0 Å². The largest absolute Gasteiger partial charge is 0.506 e. The Bertz CT molecular complexity index is 589. The predicted octanol–water partition coefficient (Wildman–Crippen LogP) is 5.24. The molecule has 0 heterocycles. The highest BCUT2D eigenvalue weighted by Crippen LogP contribution is 2.25. The highest BCUT2D eigenvalue weighted by Gasteiger charge is 2.35. The predicted molar refractivity (Wildman–Crippen MR) is 83.9 cm³/mol. The maximum Gasteiger partial charge on any atom is 0.506 e. The van der Waals surface area contributed by atoms with Gasteiger partial charge in [0.05, 0.1) is 6.61 Å². The topological polar surface area (TPSA) is 9.23 Å². The molecule has 1 unspecified atom stereocenters.